The molecular weight excluding hydrogens is 396 g/mol. The normalized spacial score (nSPS) is 14.7. The van der Waals surface area contributed by atoms with E-state index in [1.807, 2.05) is 30.5 Å². The van der Waals surface area contributed by atoms with E-state index in [9.17, 15) is 19.7 Å². The first kappa shape index (κ1) is 20.3. The fourth-order valence-electron chi connectivity index (χ4n) is 3.83. The Balaban J connectivity index is 1.40. The number of amides is 2. The number of nitro benzene ring substituents is 1. The van der Waals surface area contributed by atoms with Crippen molar-refractivity contribution in [2.24, 2.45) is 0 Å². The van der Waals surface area contributed by atoms with E-state index >= 15 is 0 Å². The number of hydrogen-bond acceptors (Lipinski definition) is 4. The zero-order valence-corrected chi connectivity index (χ0v) is 17.0. The first-order chi connectivity index (χ1) is 14.9. The van der Waals surface area contributed by atoms with E-state index in [-0.39, 0.29) is 17.2 Å². The molecule has 0 radical (unpaired) electrons. The summed E-state index contributed by atoms with van der Waals surface area (Å²) in [4.78, 5) is 40.6. The molecule has 1 atom stereocenters. The molecule has 2 amide bonds. The summed E-state index contributed by atoms with van der Waals surface area (Å²) in [7, 11) is 0. The number of nitrogens with zero attached hydrogens (tertiary/aromatic N) is 2. The number of aromatic nitrogens is 1. The fraction of sp³-hybridized carbons (Fsp3) is 0.217. The van der Waals surface area contributed by atoms with E-state index in [2.05, 4.69) is 16.4 Å². The molecule has 0 fully saturated rings. The molecule has 158 valence electrons. The predicted molar refractivity (Wildman–Crippen MR) is 117 cm³/mol. The maximum Gasteiger partial charge on any atom is 0.270 e. The van der Waals surface area contributed by atoms with Crippen LogP contribution in [0.2, 0.25) is 0 Å². The molecule has 2 N–H and O–H groups in total. The Morgan fingerprint density at radius 1 is 1.19 bits per heavy atom. The molecule has 1 aliphatic heterocycles. The molecule has 8 nitrogen and oxygen atoms in total. The Hall–Kier alpha value is -3.94. The van der Waals surface area contributed by atoms with E-state index in [0.29, 0.717) is 13.1 Å². The van der Waals surface area contributed by atoms with Gasteiger partial charge in [0.15, 0.2) is 0 Å². The molecule has 2 aromatic carbocycles. The van der Waals surface area contributed by atoms with Gasteiger partial charge in [0.05, 0.1) is 4.92 Å². The SMILES string of the molecule is C[C@H](NC(=O)c1cccc([N+](=O)[O-])c1)C(=O)N1CC=C(c2c[nH]c3ccccc23)CC1. The van der Waals surface area contributed by atoms with Gasteiger partial charge in [-0.3, -0.25) is 19.7 Å². The molecule has 0 aliphatic carbocycles. The zero-order valence-electron chi connectivity index (χ0n) is 17.0. The van der Waals surface area contributed by atoms with E-state index < -0.39 is 16.9 Å². The molecule has 31 heavy (non-hydrogen) atoms. The number of nitro groups is 1. The predicted octanol–water partition coefficient (Wildman–Crippen LogP) is 3.51. The van der Waals surface area contributed by atoms with Crippen molar-refractivity contribution in [3.63, 3.8) is 0 Å². The van der Waals surface area contributed by atoms with Gasteiger partial charge in [-0.1, -0.05) is 30.3 Å². The molecule has 2 heterocycles. The Morgan fingerprint density at radius 3 is 2.74 bits per heavy atom. The molecular formula is C23H22N4O4. The third kappa shape index (κ3) is 4.18. The summed E-state index contributed by atoms with van der Waals surface area (Å²) in [5.74, 6) is -0.704. The van der Waals surface area contributed by atoms with Gasteiger partial charge < -0.3 is 15.2 Å². The molecule has 3 aromatic rings. The number of carbonyl (C=O) groups is 2. The van der Waals surface area contributed by atoms with Crippen LogP contribution in [0.3, 0.4) is 0 Å². The Kier molecular flexibility index (Phi) is 5.53. The highest BCUT2D eigenvalue weighted by Gasteiger charge is 2.25. The molecule has 0 saturated carbocycles. The second-order valence-corrected chi connectivity index (χ2v) is 7.51. The third-order valence-electron chi connectivity index (χ3n) is 5.49. The number of fused-ring (bicyclic) bond motifs is 1. The number of para-hydroxylation sites is 1. The van der Waals surface area contributed by atoms with Gasteiger partial charge in [-0.2, -0.15) is 0 Å². The van der Waals surface area contributed by atoms with Crippen LogP contribution in [0.1, 0.15) is 29.3 Å². The molecule has 0 spiro atoms. The summed E-state index contributed by atoms with van der Waals surface area (Å²) >= 11 is 0. The van der Waals surface area contributed by atoms with Gasteiger partial charge in [-0.05, 0) is 31.1 Å². The van der Waals surface area contributed by atoms with Crippen LogP contribution >= 0.6 is 0 Å². The number of benzene rings is 2. The minimum Gasteiger partial charge on any atom is -0.361 e. The topological polar surface area (TPSA) is 108 Å². The second-order valence-electron chi connectivity index (χ2n) is 7.51. The molecule has 1 aliphatic rings. The Bertz CT molecular complexity index is 1200. The van der Waals surface area contributed by atoms with E-state index in [1.54, 1.807) is 11.8 Å². The fourth-order valence-corrected chi connectivity index (χ4v) is 3.83. The van der Waals surface area contributed by atoms with Gasteiger partial charge in [0, 0.05) is 53.4 Å². The average molecular weight is 418 g/mol. The summed E-state index contributed by atoms with van der Waals surface area (Å²) in [5, 5.41) is 14.7. The van der Waals surface area contributed by atoms with Crippen LogP contribution in [-0.4, -0.2) is 45.8 Å². The van der Waals surface area contributed by atoms with Crippen molar-refractivity contribution in [1.82, 2.24) is 15.2 Å². The van der Waals surface area contributed by atoms with Crippen molar-refractivity contribution in [2.45, 2.75) is 19.4 Å². The number of H-pyrrole nitrogens is 1. The van der Waals surface area contributed by atoms with Crippen LogP contribution in [0.15, 0.2) is 60.8 Å². The summed E-state index contributed by atoms with van der Waals surface area (Å²) in [5.41, 5.74) is 3.39. The number of nitrogens with one attached hydrogen (secondary N) is 2. The smallest absolute Gasteiger partial charge is 0.270 e. The largest absolute Gasteiger partial charge is 0.361 e. The van der Waals surface area contributed by atoms with Crippen LogP contribution < -0.4 is 5.32 Å². The lowest BCUT2D eigenvalue weighted by Crippen LogP contribution is -2.48. The van der Waals surface area contributed by atoms with Crippen molar-refractivity contribution in [2.75, 3.05) is 13.1 Å². The van der Waals surface area contributed by atoms with E-state index in [4.69, 9.17) is 0 Å². The van der Waals surface area contributed by atoms with Gasteiger partial charge in [-0.15, -0.1) is 0 Å². The number of rotatable bonds is 5. The summed E-state index contributed by atoms with van der Waals surface area (Å²) < 4.78 is 0. The maximum atomic E-state index is 12.8. The first-order valence-corrected chi connectivity index (χ1v) is 10.0. The zero-order chi connectivity index (χ0) is 22.0. The standard InChI is InChI=1S/C23H22N4O4/c1-15(25-22(28)17-5-4-6-18(13-17)27(30)31)23(29)26-11-9-16(10-12-26)20-14-24-21-8-3-2-7-19(20)21/h2-9,13-15,24H,10-12H2,1H3,(H,25,28)/t15-/m0/s1. The van der Waals surface area contributed by atoms with E-state index in [0.717, 1.165) is 22.9 Å². The number of hydrogen-bond donors (Lipinski definition) is 2. The molecule has 8 heteroatoms. The van der Waals surface area contributed by atoms with Crippen LogP contribution in [0.5, 0.6) is 0 Å². The lowest BCUT2D eigenvalue weighted by atomic mass is 9.98. The lowest BCUT2D eigenvalue weighted by molar-refractivity contribution is -0.384. The van der Waals surface area contributed by atoms with Crippen molar-refractivity contribution in [3.05, 3.63) is 82.0 Å². The van der Waals surface area contributed by atoms with E-state index in [1.165, 1.54) is 29.8 Å². The maximum absolute atomic E-state index is 12.8. The highest BCUT2D eigenvalue weighted by Crippen LogP contribution is 2.29. The minimum atomic E-state index is -0.741. The van der Waals surface area contributed by atoms with Crippen LogP contribution in [0, 0.1) is 10.1 Å². The van der Waals surface area contributed by atoms with Crippen LogP contribution in [0.4, 0.5) is 5.69 Å². The second kappa shape index (κ2) is 8.43. The number of aromatic amines is 1. The highest BCUT2D eigenvalue weighted by molar-refractivity contribution is 5.98. The first-order valence-electron chi connectivity index (χ1n) is 10.0. The monoisotopic (exact) mass is 418 g/mol. The highest BCUT2D eigenvalue weighted by atomic mass is 16.6. The summed E-state index contributed by atoms with van der Waals surface area (Å²) in [6.45, 7) is 2.64. The number of non-ortho nitro benzene ring substituents is 1. The summed E-state index contributed by atoms with van der Waals surface area (Å²) in [6, 6.07) is 12.8. The van der Waals surface area contributed by atoms with Gasteiger partial charge >= 0.3 is 0 Å². The van der Waals surface area contributed by atoms with Gasteiger partial charge in [0.2, 0.25) is 5.91 Å². The molecule has 4 rings (SSSR count). The van der Waals surface area contributed by atoms with Crippen LogP contribution in [-0.2, 0) is 4.79 Å². The van der Waals surface area contributed by atoms with Gasteiger partial charge in [0.1, 0.15) is 6.04 Å². The molecule has 1 aromatic heterocycles. The van der Waals surface area contributed by atoms with Crippen molar-refractivity contribution >= 4 is 34.0 Å². The van der Waals surface area contributed by atoms with Crippen molar-refractivity contribution in [3.8, 4) is 0 Å². The van der Waals surface area contributed by atoms with Gasteiger partial charge in [0.25, 0.3) is 11.6 Å². The van der Waals surface area contributed by atoms with Crippen molar-refractivity contribution < 1.29 is 14.5 Å². The molecule has 0 bridgehead atoms. The van der Waals surface area contributed by atoms with Gasteiger partial charge in [-0.25, -0.2) is 0 Å². The number of carbonyl (C=O) groups excluding carboxylic acids is 2. The lowest BCUT2D eigenvalue weighted by Gasteiger charge is -2.29. The molecule has 0 saturated heterocycles. The van der Waals surface area contributed by atoms with Crippen molar-refractivity contribution in [1.29, 1.82) is 0 Å². The minimum absolute atomic E-state index is 0.147. The average Bonchev–Trinajstić information content (AvgIpc) is 3.23. The Morgan fingerprint density at radius 2 is 2.00 bits per heavy atom. The molecule has 0 unspecified atom stereocenters. The summed E-state index contributed by atoms with van der Waals surface area (Å²) in [6.07, 6.45) is 4.77. The quantitative estimate of drug-likeness (QED) is 0.488. The Labute approximate surface area is 178 Å². The van der Waals surface area contributed by atoms with Crippen LogP contribution in [0.25, 0.3) is 16.5 Å². The third-order valence-corrected chi connectivity index (χ3v) is 5.49.